The van der Waals surface area contributed by atoms with Crippen molar-refractivity contribution in [3.05, 3.63) is 40.0 Å². The van der Waals surface area contributed by atoms with E-state index in [-0.39, 0.29) is 6.04 Å². The van der Waals surface area contributed by atoms with Crippen molar-refractivity contribution >= 4 is 15.9 Å². The van der Waals surface area contributed by atoms with Crippen molar-refractivity contribution in [2.75, 3.05) is 6.54 Å². The minimum absolute atomic E-state index is 0.0445. The zero-order chi connectivity index (χ0) is 13.1. The Bertz CT molecular complexity index is 518. The van der Waals surface area contributed by atoms with Crippen LogP contribution in [0.4, 0.5) is 0 Å². The number of aryl methyl sites for hydroxylation is 2. The van der Waals surface area contributed by atoms with Crippen LogP contribution in [0.1, 0.15) is 36.9 Å². The molecule has 0 amide bonds. The molecule has 0 saturated carbocycles. The van der Waals surface area contributed by atoms with Gasteiger partial charge < -0.3 is 9.73 Å². The van der Waals surface area contributed by atoms with Gasteiger partial charge in [-0.25, -0.2) is 0 Å². The van der Waals surface area contributed by atoms with Crippen LogP contribution in [-0.4, -0.2) is 16.3 Å². The van der Waals surface area contributed by atoms with E-state index < -0.39 is 0 Å². The smallest absolute Gasteiger partial charge is 0.139 e. The van der Waals surface area contributed by atoms with Gasteiger partial charge in [0.05, 0.1) is 22.5 Å². The number of furan rings is 1. The molecule has 1 atom stereocenters. The Morgan fingerprint density at radius 2 is 2.28 bits per heavy atom. The number of hydrogen-bond donors (Lipinski definition) is 1. The highest BCUT2D eigenvalue weighted by Gasteiger charge is 2.23. The SMILES string of the molecule is CCNC(c1cn(C)nc1CC)c1occc1Br. The van der Waals surface area contributed by atoms with E-state index in [0.717, 1.165) is 28.9 Å². The van der Waals surface area contributed by atoms with Crippen LogP contribution >= 0.6 is 15.9 Å². The quantitative estimate of drug-likeness (QED) is 0.923. The molecule has 2 aromatic heterocycles. The molecule has 0 saturated heterocycles. The fourth-order valence-corrected chi connectivity index (χ4v) is 2.56. The van der Waals surface area contributed by atoms with E-state index in [9.17, 15) is 0 Å². The van der Waals surface area contributed by atoms with Gasteiger partial charge in [-0.3, -0.25) is 4.68 Å². The molecule has 0 aliphatic rings. The number of halogens is 1. The molecule has 98 valence electrons. The third-order valence-electron chi connectivity index (χ3n) is 2.90. The van der Waals surface area contributed by atoms with Crippen LogP contribution in [0.2, 0.25) is 0 Å². The molecule has 0 radical (unpaired) electrons. The van der Waals surface area contributed by atoms with E-state index in [1.165, 1.54) is 5.56 Å². The predicted octanol–water partition coefficient (Wildman–Crippen LogP) is 3.04. The Labute approximate surface area is 115 Å². The molecule has 2 aromatic rings. The van der Waals surface area contributed by atoms with E-state index in [0.29, 0.717) is 0 Å². The first kappa shape index (κ1) is 13.4. The number of nitrogens with zero attached hydrogens (tertiary/aromatic N) is 2. The summed E-state index contributed by atoms with van der Waals surface area (Å²) in [5, 5.41) is 7.94. The Kier molecular flexibility index (Phi) is 4.24. The van der Waals surface area contributed by atoms with Gasteiger partial charge in [0, 0.05) is 18.8 Å². The van der Waals surface area contributed by atoms with Crippen LogP contribution in [0, 0.1) is 0 Å². The molecule has 0 fully saturated rings. The van der Waals surface area contributed by atoms with E-state index in [1.807, 2.05) is 17.8 Å². The Morgan fingerprint density at radius 3 is 2.83 bits per heavy atom. The minimum Gasteiger partial charge on any atom is -0.466 e. The van der Waals surface area contributed by atoms with Crippen molar-refractivity contribution in [2.45, 2.75) is 26.3 Å². The molecule has 18 heavy (non-hydrogen) atoms. The molecule has 0 spiro atoms. The van der Waals surface area contributed by atoms with E-state index in [1.54, 1.807) is 6.26 Å². The van der Waals surface area contributed by atoms with Gasteiger partial charge in [-0.05, 0) is 35.0 Å². The van der Waals surface area contributed by atoms with Crippen molar-refractivity contribution in [2.24, 2.45) is 7.05 Å². The van der Waals surface area contributed by atoms with Crippen molar-refractivity contribution in [1.29, 1.82) is 0 Å². The molecular formula is C13H18BrN3O. The number of hydrogen-bond acceptors (Lipinski definition) is 3. The first-order chi connectivity index (χ1) is 8.67. The summed E-state index contributed by atoms with van der Waals surface area (Å²) in [5.74, 6) is 0.902. The highest BCUT2D eigenvalue weighted by Crippen LogP contribution is 2.31. The summed E-state index contributed by atoms with van der Waals surface area (Å²) in [6.07, 6.45) is 4.67. The molecule has 2 rings (SSSR count). The molecule has 1 N–H and O–H groups in total. The zero-order valence-corrected chi connectivity index (χ0v) is 12.5. The molecule has 5 heteroatoms. The summed E-state index contributed by atoms with van der Waals surface area (Å²) in [6, 6.07) is 1.96. The zero-order valence-electron chi connectivity index (χ0n) is 10.9. The van der Waals surface area contributed by atoms with Gasteiger partial charge in [-0.2, -0.15) is 5.10 Å². The normalized spacial score (nSPS) is 12.9. The predicted molar refractivity (Wildman–Crippen MR) is 74.5 cm³/mol. The third kappa shape index (κ3) is 2.52. The first-order valence-electron chi connectivity index (χ1n) is 6.16. The Morgan fingerprint density at radius 1 is 1.50 bits per heavy atom. The maximum absolute atomic E-state index is 5.60. The second-order valence-electron chi connectivity index (χ2n) is 4.18. The average Bonchev–Trinajstić information content (AvgIpc) is 2.92. The van der Waals surface area contributed by atoms with Crippen LogP contribution in [0.25, 0.3) is 0 Å². The second kappa shape index (κ2) is 5.71. The lowest BCUT2D eigenvalue weighted by molar-refractivity contribution is 0.448. The van der Waals surface area contributed by atoms with Gasteiger partial charge >= 0.3 is 0 Å². The molecule has 0 aromatic carbocycles. The largest absolute Gasteiger partial charge is 0.466 e. The molecule has 0 aliphatic heterocycles. The lowest BCUT2D eigenvalue weighted by atomic mass is 10.0. The maximum Gasteiger partial charge on any atom is 0.139 e. The number of rotatable bonds is 5. The first-order valence-corrected chi connectivity index (χ1v) is 6.95. The lowest BCUT2D eigenvalue weighted by Crippen LogP contribution is -2.22. The molecule has 0 bridgehead atoms. The van der Waals surface area contributed by atoms with Gasteiger partial charge in [0.1, 0.15) is 5.76 Å². The fraction of sp³-hybridized carbons (Fsp3) is 0.462. The topological polar surface area (TPSA) is 43.0 Å². The van der Waals surface area contributed by atoms with Gasteiger partial charge in [-0.1, -0.05) is 13.8 Å². The highest BCUT2D eigenvalue weighted by molar-refractivity contribution is 9.10. The summed E-state index contributed by atoms with van der Waals surface area (Å²) in [4.78, 5) is 0. The van der Waals surface area contributed by atoms with Gasteiger partial charge in [0.2, 0.25) is 0 Å². The van der Waals surface area contributed by atoms with Gasteiger partial charge in [0.15, 0.2) is 0 Å². The molecule has 0 aliphatic carbocycles. The minimum atomic E-state index is 0.0445. The average molecular weight is 312 g/mol. The Hall–Kier alpha value is -1.07. The maximum atomic E-state index is 5.60. The van der Waals surface area contributed by atoms with Crippen molar-refractivity contribution in [3.63, 3.8) is 0 Å². The standard InChI is InChI=1S/C13H18BrN3O/c1-4-11-9(8-17(3)16-11)12(15-5-2)13-10(14)6-7-18-13/h6-8,12,15H,4-5H2,1-3H3. The van der Waals surface area contributed by atoms with Gasteiger partial charge in [-0.15, -0.1) is 0 Å². The number of aromatic nitrogens is 2. The summed E-state index contributed by atoms with van der Waals surface area (Å²) in [5.41, 5.74) is 2.28. The van der Waals surface area contributed by atoms with Crippen LogP contribution in [0.15, 0.2) is 27.4 Å². The second-order valence-corrected chi connectivity index (χ2v) is 5.04. The molecule has 4 nitrogen and oxygen atoms in total. The van der Waals surface area contributed by atoms with Crippen LogP contribution in [0.3, 0.4) is 0 Å². The van der Waals surface area contributed by atoms with Crippen molar-refractivity contribution in [1.82, 2.24) is 15.1 Å². The van der Waals surface area contributed by atoms with E-state index in [4.69, 9.17) is 4.42 Å². The summed E-state index contributed by atoms with van der Waals surface area (Å²) >= 11 is 3.53. The summed E-state index contributed by atoms with van der Waals surface area (Å²) in [6.45, 7) is 5.08. The third-order valence-corrected chi connectivity index (χ3v) is 3.55. The molecular weight excluding hydrogens is 294 g/mol. The molecule has 2 heterocycles. The van der Waals surface area contributed by atoms with Crippen LogP contribution in [0.5, 0.6) is 0 Å². The van der Waals surface area contributed by atoms with E-state index >= 15 is 0 Å². The number of nitrogens with one attached hydrogen (secondary N) is 1. The molecule has 1 unspecified atom stereocenters. The van der Waals surface area contributed by atoms with Crippen molar-refractivity contribution < 1.29 is 4.42 Å². The monoisotopic (exact) mass is 311 g/mol. The van der Waals surface area contributed by atoms with Gasteiger partial charge in [0.25, 0.3) is 0 Å². The highest BCUT2D eigenvalue weighted by atomic mass is 79.9. The van der Waals surface area contributed by atoms with E-state index in [2.05, 4.69) is 46.4 Å². The Balaban J connectivity index is 2.44. The summed E-state index contributed by atoms with van der Waals surface area (Å²) < 4.78 is 8.44. The fourth-order valence-electron chi connectivity index (χ4n) is 2.13. The van der Waals surface area contributed by atoms with Crippen LogP contribution in [-0.2, 0) is 13.5 Å². The van der Waals surface area contributed by atoms with Crippen LogP contribution < -0.4 is 5.32 Å². The summed E-state index contributed by atoms with van der Waals surface area (Å²) in [7, 11) is 1.95. The van der Waals surface area contributed by atoms with Crippen molar-refractivity contribution in [3.8, 4) is 0 Å². The lowest BCUT2D eigenvalue weighted by Gasteiger charge is -2.16.